The fraction of sp³-hybridized carbons (Fsp3) is 0.0714. The van der Waals surface area contributed by atoms with Gasteiger partial charge in [0.25, 0.3) is 0 Å². The number of hydrogen-bond donors (Lipinski definition) is 2. The van der Waals surface area contributed by atoms with E-state index in [1.54, 1.807) is 0 Å². The summed E-state index contributed by atoms with van der Waals surface area (Å²) in [7, 11) is -1.62. The molecule has 7 heteroatoms. The van der Waals surface area contributed by atoms with E-state index in [9.17, 15) is 17.8 Å². The molecular formula is C14H12F2N2O2S. The lowest BCUT2D eigenvalue weighted by atomic mass is 10.2. The second-order valence-corrected chi connectivity index (χ2v) is 5.67. The molecule has 0 aliphatic heterocycles. The molecule has 0 radical (unpaired) electrons. The first kappa shape index (κ1) is 15.1. The molecule has 0 spiro atoms. The van der Waals surface area contributed by atoms with E-state index in [0.717, 1.165) is 18.2 Å². The summed E-state index contributed by atoms with van der Waals surface area (Å²) in [6.45, 7) is 0. The van der Waals surface area contributed by atoms with Crippen molar-refractivity contribution in [2.45, 2.75) is 4.90 Å². The van der Waals surface area contributed by atoms with Crippen LogP contribution < -0.4 is 11.1 Å². The molecule has 0 saturated heterocycles. The van der Waals surface area contributed by atoms with Gasteiger partial charge in [0.1, 0.15) is 17.4 Å². The third-order valence-electron chi connectivity index (χ3n) is 2.63. The summed E-state index contributed by atoms with van der Waals surface area (Å²) in [5.41, 5.74) is 5.92. The highest BCUT2D eigenvalue weighted by Gasteiger charge is 2.12. The van der Waals surface area contributed by atoms with Crippen LogP contribution in [0.5, 0.6) is 0 Å². The molecule has 2 aromatic rings. The fourth-order valence-electron chi connectivity index (χ4n) is 1.61. The van der Waals surface area contributed by atoms with Crippen molar-refractivity contribution in [3.05, 3.63) is 54.1 Å². The van der Waals surface area contributed by atoms with Crippen LogP contribution in [-0.4, -0.2) is 15.9 Å². The van der Waals surface area contributed by atoms with Crippen LogP contribution in [0, 0.1) is 11.6 Å². The number of hydrogen-bond acceptors (Lipinski definition) is 3. The molecule has 0 saturated carbocycles. The van der Waals surface area contributed by atoms with Crippen molar-refractivity contribution in [3.63, 3.8) is 0 Å². The maximum absolute atomic E-state index is 13.1. The highest BCUT2D eigenvalue weighted by Crippen LogP contribution is 2.19. The Bertz CT molecular complexity index is 690. The van der Waals surface area contributed by atoms with Crippen LogP contribution in [0.2, 0.25) is 0 Å². The average molecular weight is 310 g/mol. The summed E-state index contributed by atoms with van der Waals surface area (Å²) in [4.78, 5) is 12.1. The van der Waals surface area contributed by atoms with Crippen LogP contribution >= 0.6 is 0 Å². The number of benzene rings is 2. The van der Waals surface area contributed by atoms with Crippen molar-refractivity contribution in [2.24, 2.45) is 0 Å². The van der Waals surface area contributed by atoms with E-state index in [1.807, 2.05) is 0 Å². The number of anilines is 2. The Morgan fingerprint density at radius 2 is 1.71 bits per heavy atom. The minimum Gasteiger partial charge on any atom is -0.397 e. The first-order chi connectivity index (χ1) is 9.95. The number of nitrogens with one attached hydrogen (secondary N) is 1. The standard InChI is InChI=1S/C14H12F2N2O2S/c15-9-1-4-11(5-2-9)21(20)8-14(19)18-13-7-10(16)3-6-12(13)17/h1-7H,8,17H2,(H,18,19). The summed E-state index contributed by atoms with van der Waals surface area (Å²) in [6, 6.07) is 8.58. The van der Waals surface area contributed by atoms with E-state index in [1.165, 1.54) is 24.3 Å². The van der Waals surface area contributed by atoms with Gasteiger partial charge in [0.15, 0.2) is 0 Å². The molecule has 0 bridgehead atoms. The van der Waals surface area contributed by atoms with Crippen LogP contribution in [-0.2, 0) is 15.6 Å². The Morgan fingerprint density at radius 3 is 2.38 bits per heavy atom. The predicted octanol–water partition coefficient (Wildman–Crippen LogP) is 2.29. The van der Waals surface area contributed by atoms with Gasteiger partial charge in [-0.1, -0.05) is 0 Å². The number of rotatable bonds is 4. The van der Waals surface area contributed by atoms with E-state index in [2.05, 4.69) is 5.32 Å². The van der Waals surface area contributed by atoms with Crippen molar-refractivity contribution in [3.8, 4) is 0 Å². The van der Waals surface area contributed by atoms with Crippen LogP contribution in [0.3, 0.4) is 0 Å². The van der Waals surface area contributed by atoms with Crippen molar-refractivity contribution in [2.75, 3.05) is 16.8 Å². The monoisotopic (exact) mass is 310 g/mol. The van der Waals surface area contributed by atoms with Crippen molar-refractivity contribution >= 4 is 28.1 Å². The maximum atomic E-state index is 13.1. The van der Waals surface area contributed by atoms with E-state index in [0.29, 0.717) is 4.90 Å². The highest BCUT2D eigenvalue weighted by atomic mass is 32.2. The van der Waals surface area contributed by atoms with Crippen molar-refractivity contribution in [1.29, 1.82) is 0 Å². The van der Waals surface area contributed by atoms with E-state index in [4.69, 9.17) is 5.73 Å². The van der Waals surface area contributed by atoms with E-state index in [-0.39, 0.29) is 17.1 Å². The molecule has 4 nitrogen and oxygen atoms in total. The maximum Gasteiger partial charge on any atom is 0.237 e. The molecule has 2 aromatic carbocycles. The SMILES string of the molecule is Nc1ccc(F)cc1NC(=O)CS(=O)c1ccc(F)cc1. The third-order valence-corrected chi connectivity index (χ3v) is 3.95. The Hall–Kier alpha value is -2.28. The first-order valence-corrected chi connectivity index (χ1v) is 7.26. The molecule has 1 unspecified atom stereocenters. The zero-order chi connectivity index (χ0) is 15.4. The fourth-order valence-corrected chi connectivity index (χ4v) is 2.53. The predicted molar refractivity (Wildman–Crippen MR) is 77.1 cm³/mol. The molecule has 0 fully saturated rings. The lowest BCUT2D eigenvalue weighted by Gasteiger charge is -2.08. The molecule has 1 atom stereocenters. The number of carbonyl (C=O) groups excluding carboxylic acids is 1. The molecule has 0 aliphatic carbocycles. The van der Waals surface area contributed by atoms with Crippen LogP contribution in [0.25, 0.3) is 0 Å². The lowest BCUT2D eigenvalue weighted by Crippen LogP contribution is -2.20. The first-order valence-electron chi connectivity index (χ1n) is 5.94. The summed E-state index contributed by atoms with van der Waals surface area (Å²) in [5.74, 6) is -1.90. The van der Waals surface area contributed by atoms with Gasteiger partial charge in [-0.05, 0) is 42.5 Å². The van der Waals surface area contributed by atoms with Crippen molar-refractivity contribution < 1.29 is 17.8 Å². The largest absolute Gasteiger partial charge is 0.397 e. The minimum atomic E-state index is -1.62. The number of nitrogen functional groups attached to an aromatic ring is 1. The number of amides is 1. The number of halogens is 2. The minimum absolute atomic E-state index is 0.121. The van der Waals surface area contributed by atoms with Crippen molar-refractivity contribution in [1.82, 2.24) is 0 Å². The Balaban J connectivity index is 2.03. The summed E-state index contributed by atoms with van der Waals surface area (Å²) in [6.07, 6.45) is 0. The lowest BCUT2D eigenvalue weighted by molar-refractivity contribution is -0.113. The molecule has 0 heterocycles. The van der Waals surface area contributed by atoms with E-state index >= 15 is 0 Å². The second-order valence-electron chi connectivity index (χ2n) is 4.22. The molecule has 1 amide bonds. The summed E-state index contributed by atoms with van der Waals surface area (Å²) >= 11 is 0. The summed E-state index contributed by atoms with van der Waals surface area (Å²) < 4.78 is 37.7. The van der Waals surface area contributed by atoms with Gasteiger partial charge < -0.3 is 11.1 Å². The molecule has 3 N–H and O–H groups in total. The zero-order valence-electron chi connectivity index (χ0n) is 10.8. The van der Waals surface area contributed by atoms with Gasteiger partial charge in [-0.25, -0.2) is 8.78 Å². The van der Waals surface area contributed by atoms with Gasteiger partial charge in [-0.2, -0.15) is 0 Å². The number of carbonyl (C=O) groups is 1. The van der Waals surface area contributed by atoms with Gasteiger partial charge >= 0.3 is 0 Å². The molecule has 0 aliphatic rings. The average Bonchev–Trinajstić information content (AvgIpc) is 2.43. The van der Waals surface area contributed by atoms with Gasteiger partial charge in [0.05, 0.1) is 22.2 Å². The van der Waals surface area contributed by atoms with Gasteiger partial charge in [-0.3, -0.25) is 9.00 Å². The molecular weight excluding hydrogens is 298 g/mol. The van der Waals surface area contributed by atoms with Crippen LogP contribution in [0.1, 0.15) is 0 Å². The van der Waals surface area contributed by atoms with Crippen LogP contribution in [0.4, 0.5) is 20.2 Å². The third kappa shape index (κ3) is 4.09. The molecule has 110 valence electrons. The molecule has 0 aromatic heterocycles. The molecule has 2 rings (SSSR count). The Labute approximate surface area is 122 Å². The van der Waals surface area contributed by atoms with Gasteiger partial charge in [0.2, 0.25) is 5.91 Å². The topological polar surface area (TPSA) is 72.2 Å². The van der Waals surface area contributed by atoms with Gasteiger partial charge in [-0.15, -0.1) is 0 Å². The smallest absolute Gasteiger partial charge is 0.237 e. The van der Waals surface area contributed by atoms with E-state index < -0.39 is 28.3 Å². The number of nitrogens with two attached hydrogens (primary N) is 1. The normalized spacial score (nSPS) is 11.9. The highest BCUT2D eigenvalue weighted by molar-refractivity contribution is 7.85. The second kappa shape index (κ2) is 6.45. The Morgan fingerprint density at radius 1 is 1.10 bits per heavy atom. The molecule has 21 heavy (non-hydrogen) atoms. The Kier molecular flexibility index (Phi) is 4.64. The quantitative estimate of drug-likeness (QED) is 0.851. The zero-order valence-corrected chi connectivity index (χ0v) is 11.6. The van der Waals surface area contributed by atoms with Crippen LogP contribution in [0.15, 0.2) is 47.4 Å². The van der Waals surface area contributed by atoms with Gasteiger partial charge in [0, 0.05) is 4.90 Å². The summed E-state index contributed by atoms with van der Waals surface area (Å²) in [5, 5.41) is 2.39.